The SMILES string of the molecule is O=C(Nc1cc(-c2nc3ccccc3s2)c(Cl)cc1Cl)c1ccc(Br)o1. The number of carbonyl (C=O) groups excluding carboxylic acids is 1. The number of aromatic nitrogens is 1. The molecule has 4 nitrogen and oxygen atoms in total. The monoisotopic (exact) mass is 466 g/mol. The van der Waals surface area contributed by atoms with E-state index in [-0.39, 0.29) is 5.76 Å². The lowest BCUT2D eigenvalue weighted by Crippen LogP contribution is -2.11. The highest BCUT2D eigenvalue weighted by Crippen LogP contribution is 2.39. The average Bonchev–Trinajstić information content (AvgIpc) is 3.23. The third-order valence-electron chi connectivity index (χ3n) is 3.63. The molecule has 4 rings (SSSR count). The second-order valence-corrected chi connectivity index (χ2v) is 7.98. The van der Waals surface area contributed by atoms with Gasteiger partial charge in [-0.05, 0) is 52.3 Å². The highest BCUT2D eigenvalue weighted by molar-refractivity contribution is 9.10. The van der Waals surface area contributed by atoms with Gasteiger partial charge in [0.25, 0.3) is 5.91 Å². The molecule has 2 aromatic heterocycles. The molecule has 0 saturated carbocycles. The van der Waals surface area contributed by atoms with Gasteiger partial charge in [-0.2, -0.15) is 0 Å². The maximum atomic E-state index is 12.3. The normalized spacial score (nSPS) is 11.0. The lowest BCUT2D eigenvalue weighted by molar-refractivity contribution is 0.0995. The van der Waals surface area contributed by atoms with Crippen molar-refractivity contribution in [1.82, 2.24) is 4.98 Å². The zero-order valence-corrected chi connectivity index (χ0v) is 16.8. The lowest BCUT2D eigenvalue weighted by Gasteiger charge is -2.09. The van der Waals surface area contributed by atoms with Crippen molar-refractivity contribution in [2.75, 3.05) is 5.32 Å². The fraction of sp³-hybridized carbons (Fsp3) is 0. The van der Waals surface area contributed by atoms with E-state index in [1.165, 1.54) is 11.3 Å². The number of benzene rings is 2. The summed E-state index contributed by atoms with van der Waals surface area (Å²) in [6, 6.07) is 14.4. The smallest absolute Gasteiger partial charge is 0.291 e. The summed E-state index contributed by atoms with van der Waals surface area (Å²) in [7, 11) is 0. The highest BCUT2D eigenvalue weighted by atomic mass is 79.9. The van der Waals surface area contributed by atoms with Gasteiger partial charge in [0.05, 0.1) is 25.9 Å². The van der Waals surface area contributed by atoms with E-state index in [2.05, 4.69) is 26.2 Å². The van der Waals surface area contributed by atoms with Gasteiger partial charge >= 0.3 is 0 Å². The standard InChI is InChI=1S/C18H9BrCl2N2O2S/c19-16-6-5-14(25-16)17(24)22-13-7-9(10(20)8-11(13)21)18-23-12-3-1-2-4-15(12)26-18/h1-8H,(H,22,24). The van der Waals surface area contributed by atoms with E-state index in [0.717, 1.165) is 15.2 Å². The van der Waals surface area contributed by atoms with Gasteiger partial charge in [0, 0.05) is 5.56 Å². The summed E-state index contributed by atoms with van der Waals surface area (Å²) in [5.74, 6) is -0.236. The summed E-state index contributed by atoms with van der Waals surface area (Å²) in [6.07, 6.45) is 0. The number of para-hydroxylation sites is 1. The van der Waals surface area contributed by atoms with Crippen LogP contribution in [-0.2, 0) is 0 Å². The van der Waals surface area contributed by atoms with Crippen molar-refractivity contribution in [1.29, 1.82) is 0 Å². The fourth-order valence-corrected chi connectivity index (χ4v) is 4.29. The minimum Gasteiger partial charge on any atom is -0.444 e. The van der Waals surface area contributed by atoms with Gasteiger partial charge in [0.15, 0.2) is 10.4 Å². The molecule has 130 valence electrons. The Morgan fingerprint density at radius 2 is 1.92 bits per heavy atom. The van der Waals surface area contributed by atoms with Crippen LogP contribution >= 0.6 is 50.5 Å². The first kappa shape index (κ1) is 17.5. The van der Waals surface area contributed by atoms with Crippen LogP contribution in [0, 0.1) is 0 Å². The van der Waals surface area contributed by atoms with Crippen LogP contribution in [-0.4, -0.2) is 10.9 Å². The molecule has 0 aliphatic carbocycles. The molecule has 4 aromatic rings. The molecule has 0 spiro atoms. The minimum absolute atomic E-state index is 0.171. The van der Waals surface area contributed by atoms with Crippen LogP contribution in [0.5, 0.6) is 0 Å². The first-order chi connectivity index (χ1) is 12.5. The molecule has 1 amide bonds. The number of anilines is 1. The molecular formula is C18H9BrCl2N2O2S. The number of thiazole rings is 1. The zero-order chi connectivity index (χ0) is 18.3. The molecule has 0 bridgehead atoms. The summed E-state index contributed by atoms with van der Waals surface area (Å²) in [5, 5.41) is 4.30. The van der Waals surface area contributed by atoms with Gasteiger partial charge in [-0.15, -0.1) is 11.3 Å². The van der Waals surface area contributed by atoms with Crippen molar-refractivity contribution in [3.8, 4) is 10.6 Å². The van der Waals surface area contributed by atoms with Crippen LogP contribution in [0.15, 0.2) is 57.6 Å². The van der Waals surface area contributed by atoms with Crippen LogP contribution in [0.4, 0.5) is 5.69 Å². The van der Waals surface area contributed by atoms with Crippen LogP contribution in [0.3, 0.4) is 0 Å². The van der Waals surface area contributed by atoms with E-state index in [4.69, 9.17) is 27.6 Å². The van der Waals surface area contributed by atoms with Gasteiger partial charge < -0.3 is 9.73 Å². The number of nitrogens with zero attached hydrogens (tertiary/aromatic N) is 1. The maximum Gasteiger partial charge on any atom is 0.291 e. The summed E-state index contributed by atoms with van der Waals surface area (Å²) >= 11 is 17.3. The molecule has 0 fully saturated rings. The lowest BCUT2D eigenvalue weighted by atomic mass is 10.2. The van der Waals surface area contributed by atoms with Crippen LogP contribution in [0.2, 0.25) is 10.0 Å². The molecular weight excluding hydrogens is 459 g/mol. The Morgan fingerprint density at radius 1 is 1.12 bits per heavy atom. The van der Waals surface area contributed by atoms with E-state index >= 15 is 0 Å². The number of amides is 1. The Hall–Kier alpha value is -1.86. The highest BCUT2D eigenvalue weighted by Gasteiger charge is 2.17. The third-order valence-corrected chi connectivity index (χ3v) is 5.75. The Kier molecular flexibility index (Phi) is 4.75. The van der Waals surface area contributed by atoms with Crippen LogP contribution in [0.25, 0.3) is 20.8 Å². The number of hydrogen-bond acceptors (Lipinski definition) is 4. The van der Waals surface area contributed by atoms with E-state index in [1.54, 1.807) is 24.3 Å². The van der Waals surface area contributed by atoms with Gasteiger partial charge in [-0.25, -0.2) is 4.98 Å². The van der Waals surface area contributed by atoms with Crippen molar-refractivity contribution in [3.05, 3.63) is 69.0 Å². The zero-order valence-electron chi connectivity index (χ0n) is 12.9. The quantitative estimate of drug-likeness (QED) is 0.357. The second-order valence-electron chi connectivity index (χ2n) is 5.36. The first-order valence-electron chi connectivity index (χ1n) is 7.43. The van der Waals surface area contributed by atoms with Gasteiger partial charge in [0.1, 0.15) is 5.01 Å². The molecule has 0 radical (unpaired) electrons. The summed E-state index contributed by atoms with van der Waals surface area (Å²) in [6.45, 7) is 0. The molecule has 2 aromatic carbocycles. The van der Waals surface area contributed by atoms with E-state index < -0.39 is 5.91 Å². The molecule has 0 saturated heterocycles. The van der Waals surface area contributed by atoms with Crippen molar-refractivity contribution in [3.63, 3.8) is 0 Å². The van der Waals surface area contributed by atoms with Gasteiger partial charge in [0.2, 0.25) is 0 Å². The largest absolute Gasteiger partial charge is 0.444 e. The molecule has 26 heavy (non-hydrogen) atoms. The van der Waals surface area contributed by atoms with Crippen molar-refractivity contribution in [2.45, 2.75) is 0 Å². The van der Waals surface area contributed by atoms with Gasteiger partial charge in [-0.1, -0.05) is 35.3 Å². The molecule has 0 atom stereocenters. The van der Waals surface area contributed by atoms with Crippen molar-refractivity contribution < 1.29 is 9.21 Å². The van der Waals surface area contributed by atoms with E-state index in [0.29, 0.717) is 26.0 Å². The number of nitrogens with one attached hydrogen (secondary N) is 1. The minimum atomic E-state index is -0.407. The molecule has 8 heteroatoms. The number of fused-ring (bicyclic) bond motifs is 1. The summed E-state index contributed by atoms with van der Waals surface area (Å²) in [4.78, 5) is 16.9. The number of hydrogen-bond donors (Lipinski definition) is 1. The van der Waals surface area contributed by atoms with Crippen LogP contribution in [0.1, 0.15) is 10.6 Å². The summed E-state index contributed by atoms with van der Waals surface area (Å²) < 4.78 is 6.79. The Labute approximate surface area is 170 Å². The molecule has 0 aliphatic heterocycles. The topological polar surface area (TPSA) is 55.1 Å². The van der Waals surface area contributed by atoms with Crippen molar-refractivity contribution >= 4 is 72.3 Å². The fourth-order valence-electron chi connectivity index (χ4n) is 2.42. The van der Waals surface area contributed by atoms with Crippen molar-refractivity contribution in [2.24, 2.45) is 0 Å². The second kappa shape index (κ2) is 7.04. The Morgan fingerprint density at radius 3 is 2.65 bits per heavy atom. The Balaban J connectivity index is 1.72. The molecule has 0 aliphatic rings. The first-order valence-corrected chi connectivity index (χ1v) is 9.79. The maximum absolute atomic E-state index is 12.3. The van der Waals surface area contributed by atoms with Crippen LogP contribution < -0.4 is 5.32 Å². The molecule has 0 unspecified atom stereocenters. The average molecular weight is 468 g/mol. The number of furan rings is 1. The molecule has 1 N–H and O–H groups in total. The Bertz CT molecular complexity index is 1110. The third kappa shape index (κ3) is 3.38. The predicted molar refractivity (Wildman–Crippen MR) is 109 cm³/mol. The number of rotatable bonds is 3. The number of carbonyl (C=O) groups is 1. The van der Waals surface area contributed by atoms with Gasteiger partial charge in [-0.3, -0.25) is 4.79 Å². The summed E-state index contributed by atoms with van der Waals surface area (Å²) in [5.41, 5.74) is 2.03. The predicted octanol–water partition coefficient (Wildman–Crippen LogP) is 6.88. The van der Waals surface area contributed by atoms with E-state index in [1.807, 2.05) is 24.3 Å². The van der Waals surface area contributed by atoms with E-state index in [9.17, 15) is 4.79 Å². The number of halogens is 3. The molecule has 2 heterocycles.